The largest absolute Gasteiger partial charge is 0.491 e. The first-order valence-corrected chi connectivity index (χ1v) is 16.0. The number of anilines is 2. The normalized spacial score (nSPS) is 18.3. The van der Waals surface area contributed by atoms with Crippen molar-refractivity contribution < 1.29 is 19.1 Å². The predicted octanol–water partition coefficient (Wildman–Crippen LogP) is 5.93. The van der Waals surface area contributed by atoms with Gasteiger partial charge >= 0.3 is 0 Å². The number of carbonyl (C=O) groups is 2. The van der Waals surface area contributed by atoms with Gasteiger partial charge in [0.1, 0.15) is 6.10 Å². The second-order valence-corrected chi connectivity index (χ2v) is 12.6. The van der Waals surface area contributed by atoms with Crippen molar-refractivity contribution in [2.45, 2.75) is 72.4 Å². The fourth-order valence-electron chi connectivity index (χ4n) is 7.09. The molecule has 1 aromatic heterocycles. The van der Waals surface area contributed by atoms with Crippen LogP contribution < -0.4 is 21.1 Å². The van der Waals surface area contributed by atoms with Crippen LogP contribution in [0.15, 0.2) is 64.8 Å². The Balaban J connectivity index is 1.43. The Bertz CT molecular complexity index is 1850. The number of rotatable bonds is 7. The number of carbonyl (C=O) groups excluding carboxylic acids is 2. The molecule has 3 aliphatic rings. The van der Waals surface area contributed by atoms with Gasteiger partial charge in [-0.1, -0.05) is 12.1 Å². The van der Waals surface area contributed by atoms with Crippen LogP contribution in [0.5, 0.6) is 0 Å². The minimum atomic E-state index is -0.559. The number of allylic oxidation sites excluding steroid dienone is 2. The first-order chi connectivity index (χ1) is 22.0. The number of amides is 2. The lowest BCUT2D eigenvalue weighted by molar-refractivity contribution is -0.124. The fourth-order valence-corrected chi connectivity index (χ4v) is 7.09. The summed E-state index contributed by atoms with van der Waals surface area (Å²) in [6, 6.07) is 12.0. The highest BCUT2D eigenvalue weighted by atomic mass is 16.5. The third-order valence-corrected chi connectivity index (χ3v) is 9.49. The van der Waals surface area contributed by atoms with E-state index in [-0.39, 0.29) is 30.0 Å². The quantitative estimate of drug-likeness (QED) is 0.301. The Morgan fingerprint density at radius 2 is 1.80 bits per heavy atom. The minimum Gasteiger partial charge on any atom is -0.491 e. The molecule has 6 rings (SSSR count). The van der Waals surface area contributed by atoms with Crippen molar-refractivity contribution in [3.05, 3.63) is 104 Å². The number of likely N-dealkylation sites (N-methyl/N-ethyl adjacent to an activating group) is 1. The van der Waals surface area contributed by atoms with Gasteiger partial charge in [-0.2, -0.15) is 0 Å². The van der Waals surface area contributed by atoms with Gasteiger partial charge in [-0.05, 0) is 119 Å². The summed E-state index contributed by atoms with van der Waals surface area (Å²) in [7, 11) is 0. The highest BCUT2D eigenvalue weighted by molar-refractivity contribution is 6.07. The third kappa shape index (κ3) is 5.64. The highest BCUT2D eigenvalue weighted by Gasteiger charge is 2.47. The fraction of sp³-hybridized carbons (Fsp3) is 0.378. The molecular formula is C37H42N4O5. The van der Waals surface area contributed by atoms with Gasteiger partial charge in [-0.25, -0.2) is 0 Å². The minimum absolute atomic E-state index is 0.0221. The molecule has 46 heavy (non-hydrogen) atoms. The van der Waals surface area contributed by atoms with Crippen LogP contribution in [0.25, 0.3) is 11.1 Å². The molecule has 240 valence electrons. The van der Waals surface area contributed by atoms with E-state index in [1.807, 2.05) is 71.0 Å². The number of nitrogens with one attached hydrogen (secondary N) is 3. The molecule has 0 radical (unpaired) electrons. The maximum absolute atomic E-state index is 13.9. The number of nitrogens with zero attached hydrogens (tertiary/aromatic N) is 1. The Kier molecular flexibility index (Phi) is 8.37. The number of ether oxygens (including phenoxy) is 2. The Morgan fingerprint density at radius 3 is 2.50 bits per heavy atom. The molecule has 1 saturated heterocycles. The molecule has 9 heteroatoms. The molecule has 3 N–H and O–H groups in total. The summed E-state index contributed by atoms with van der Waals surface area (Å²) in [4.78, 5) is 44.9. The van der Waals surface area contributed by atoms with Crippen molar-refractivity contribution in [2.24, 2.45) is 0 Å². The molecule has 9 nitrogen and oxygen atoms in total. The number of benzene rings is 2. The zero-order valence-corrected chi connectivity index (χ0v) is 27.4. The number of aryl methyl sites for hydroxylation is 2. The summed E-state index contributed by atoms with van der Waals surface area (Å²) >= 11 is 0. The smallest absolute Gasteiger partial charge is 0.253 e. The van der Waals surface area contributed by atoms with Crippen LogP contribution in [0.1, 0.15) is 71.9 Å². The number of hydrogen-bond acceptors (Lipinski definition) is 6. The lowest BCUT2D eigenvalue weighted by atomic mass is 9.75. The Labute approximate surface area is 269 Å². The van der Waals surface area contributed by atoms with Crippen molar-refractivity contribution in [1.29, 1.82) is 0 Å². The zero-order chi connectivity index (χ0) is 32.7. The van der Waals surface area contributed by atoms with E-state index in [4.69, 9.17) is 9.47 Å². The van der Waals surface area contributed by atoms with Gasteiger partial charge in [-0.15, -0.1) is 0 Å². The molecule has 1 fully saturated rings. The maximum atomic E-state index is 13.9. The third-order valence-electron chi connectivity index (χ3n) is 9.49. The second-order valence-electron chi connectivity index (χ2n) is 12.6. The van der Waals surface area contributed by atoms with Crippen molar-refractivity contribution in [1.82, 2.24) is 10.3 Å². The topological polar surface area (TPSA) is 113 Å². The van der Waals surface area contributed by atoms with Crippen LogP contribution in [-0.4, -0.2) is 42.7 Å². The van der Waals surface area contributed by atoms with Crippen molar-refractivity contribution in [3.8, 4) is 11.1 Å². The number of fused-ring (bicyclic) bond motifs is 2. The van der Waals surface area contributed by atoms with Crippen LogP contribution in [-0.2, 0) is 26.2 Å². The number of pyridine rings is 1. The van der Waals surface area contributed by atoms with Gasteiger partial charge in [0, 0.05) is 60.2 Å². The molecule has 0 saturated carbocycles. The lowest BCUT2D eigenvalue weighted by Crippen LogP contribution is -2.39. The first-order valence-electron chi connectivity index (χ1n) is 16.0. The number of aromatic amines is 1. The van der Waals surface area contributed by atoms with E-state index >= 15 is 0 Å². The average molecular weight is 623 g/mol. The molecule has 2 amide bonds. The summed E-state index contributed by atoms with van der Waals surface area (Å²) in [5.41, 5.74) is 8.14. The monoisotopic (exact) mass is 622 g/mol. The standard InChI is InChI=1S/C37H42N4O5/c1-7-41(28-15-23(4)46-24(5)16-28)33-19-27(26-8-9-31-32(18-26)40-36(44)37(31)10-12-45-13-11-37)17-29(25(33)6)34(42)38-20-30-21(2)14-22(3)39-35(30)43/h8-9,14-19,23H,7,10-13,20H2,1-6H3,(H,38,42)(H,39,43)(H,40,44). The molecule has 4 heterocycles. The highest BCUT2D eigenvalue weighted by Crippen LogP contribution is 2.46. The van der Waals surface area contributed by atoms with Gasteiger partial charge in [-0.3, -0.25) is 14.4 Å². The van der Waals surface area contributed by atoms with Gasteiger partial charge in [0.2, 0.25) is 5.91 Å². The summed E-state index contributed by atoms with van der Waals surface area (Å²) in [6.45, 7) is 13.6. The predicted molar refractivity (Wildman–Crippen MR) is 180 cm³/mol. The number of H-pyrrole nitrogens is 1. The van der Waals surface area contributed by atoms with Gasteiger partial charge in [0.25, 0.3) is 11.5 Å². The number of hydrogen-bond donors (Lipinski definition) is 3. The van der Waals surface area contributed by atoms with E-state index in [9.17, 15) is 14.4 Å². The van der Waals surface area contributed by atoms with E-state index in [0.717, 1.165) is 56.3 Å². The molecule has 1 atom stereocenters. The first kappa shape index (κ1) is 31.4. The molecule has 3 aliphatic heterocycles. The molecule has 3 aromatic rings. The number of aromatic nitrogens is 1. The summed E-state index contributed by atoms with van der Waals surface area (Å²) in [5.74, 6) is 0.576. The van der Waals surface area contributed by atoms with E-state index in [1.54, 1.807) is 0 Å². The van der Waals surface area contributed by atoms with Gasteiger partial charge in [0.15, 0.2) is 0 Å². The van der Waals surface area contributed by atoms with Crippen molar-refractivity contribution in [3.63, 3.8) is 0 Å². The summed E-state index contributed by atoms with van der Waals surface area (Å²) in [6.07, 6.45) is 5.31. The van der Waals surface area contributed by atoms with E-state index in [2.05, 4.69) is 39.6 Å². The van der Waals surface area contributed by atoms with E-state index < -0.39 is 5.41 Å². The molecular weight excluding hydrogens is 580 g/mol. The van der Waals surface area contributed by atoms with Crippen molar-refractivity contribution in [2.75, 3.05) is 30.0 Å². The van der Waals surface area contributed by atoms with Crippen LogP contribution in [0, 0.1) is 20.8 Å². The van der Waals surface area contributed by atoms with Crippen molar-refractivity contribution >= 4 is 23.2 Å². The maximum Gasteiger partial charge on any atom is 0.253 e. The molecule has 0 aliphatic carbocycles. The summed E-state index contributed by atoms with van der Waals surface area (Å²) in [5, 5.41) is 6.14. The van der Waals surface area contributed by atoms with Crippen LogP contribution in [0.2, 0.25) is 0 Å². The van der Waals surface area contributed by atoms with E-state index in [1.165, 1.54) is 0 Å². The van der Waals surface area contributed by atoms with Gasteiger partial charge in [0.05, 0.1) is 11.2 Å². The Hall–Kier alpha value is -4.63. The SMILES string of the molecule is CCN(C1=CC(C)OC(C)=C1)c1cc(-c2ccc3c(c2)NC(=O)C32CCOCC2)cc(C(=O)NCc2c(C)cc(C)[nH]c2=O)c1C. The Morgan fingerprint density at radius 1 is 1.04 bits per heavy atom. The molecule has 2 aromatic carbocycles. The zero-order valence-electron chi connectivity index (χ0n) is 27.4. The van der Waals surface area contributed by atoms with E-state index in [0.29, 0.717) is 43.7 Å². The van der Waals surface area contributed by atoms with Crippen LogP contribution >= 0.6 is 0 Å². The molecule has 1 spiro atoms. The average Bonchev–Trinajstić information content (AvgIpc) is 3.26. The molecule has 1 unspecified atom stereocenters. The summed E-state index contributed by atoms with van der Waals surface area (Å²) < 4.78 is 11.4. The van der Waals surface area contributed by atoms with Crippen LogP contribution in [0.3, 0.4) is 0 Å². The van der Waals surface area contributed by atoms with Crippen LogP contribution in [0.4, 0.5) is 11.4 Å². The second kappa shape index (κ2) is 12.3. The van der Waals surface area contributed by atoms with Gasteiger partial charge < -0.3 is 30.0 Å². The molecule has 0 bridgehead atoms. The lowest BCUT2D eigenvalue weighted by Gasteiger charge is -2.31.